The molecule has 1 heterocycles. The van der Waals surface area contributed by atoms with Crippen molar-refractivity contribution in [3.05, 3.63) is 48.3 Å². The van der Waals surface area contributed by atoms with Crippen molar-refractivity contribution >= 4 is 5.82 Å². The highest BCUT2D eigenvalue weighted by atomic mass is 19.1. The van der Waals surface area contributed by atoms with Gasteiger partial charge in [-0.05, 0) is 18.6 Å². The predicted molar refractivity (Wildman–Crippen MR) is 76.2 cm³/mol. The molecule has 0 aliphatic rings. The second-order valence-electron chi connectivity index (χ2n) is 4.54. The number of aromatic nitrogens is 2. The maximum absolute atomic E-state index is 13.9. The fraction of sp³-hybridized carbons (Fsp3) is 0.267. The number of anilines is 1. The van der Waals surface area contributed by atoms with Gasteiger partial charge in [-0.25, -0.2) is 13.8 Å². The van der Waals surface area contributed by atoms with Crippen LogP contribution < -0.4 is 5.73 Å². The first-order chi connectivity index (χ1) is 9.58. The van der Waals surface area contributed by atoms with Crippen molar-refractivity contribution in [1.29, 1.82) is 0 Å². The van der Waals surface area contributed by atoms with Crippen LogP contribution in [0, 0.1) is 11.6 Å². The zero-order chi connectivity index (χ0) is 14.7. The minimum absolute atomic E-state index is 0.212. The molecule has 0 saturated heterocycles. The van der Waals surface area contributed by atoms with Crippen LogP contribution in [0.5, 0.6) is 0 Å². The number of hydrogen-bond donors (Lipinski definition) is 1. The van der Waals surface area contributed by atoms with Gasteiger partial charge in [0.05, 0.1) is 0 Å². The van der Waals surface area contributed by atoms with Crippen LogP contribution in [-0.2, 0) is 13.0 Å². The van der Waals surface area contributed by atoms with E-state index >= 15 is 0 Å². The van der Waals surface area contributed by atoms with E-state index in [1.807, 2.05) is 6.92 Å². The highest BCUT2D eigenvalue weighted by molar-refractivity contribution is 5.71. The van der Waals surface area contributed by atoms with E-state index in [1.54, 1.807) is 10.6 Å². The second kappa shape index (κ2) is 5.86. The summed E-state index contributed by atoms with van der Waals surface area (Å²) in [5.41, 5.74) is 6.62. The molecule has 20 heavy (non-hydrogen) atoms. The Labute approximate surface area is 116 Å². The summed E-state index contributed by atoms with van der Waals surface area (Å²) in [6.07, 6.45) is 3.35. The molecule has 0 fully saturated rings. The van der Waals surface area contributed by atoms with Crippen molar-refractivity contribution in [3.63, 3.8) is 0 Å². The molecule has 2 aromatic rings. The van der Waals surface area contributed by atoms with Gasteiger partial charge in [0.1, 0.15) is 29.0 Å². The van der Waals surface area contributed by atoms with Gasteiger partial charge in [0, 0.05) is 24.6 Å². The lowest BCUT2D eigenvalue weighted by molar-refractivity contribution is 0.585. The number of rotatable bonds is 5. The molecule has 3 nitrogen and oxygen atoms in total. The number of nitrogens with zero attached hydrogens (tertiary/aromatic N) is 2. The van der Waals surface area contributed by atoms with Crippen molar-refractivity contribution in [2.75, 3.05) is 5.73 Å². The first kappa shape index (κ1) is 14.2. The smallest absolute Gasteiger partial charge is 0.135 e. The molecule has 0 spiro atoms. The molecule has 0 bridgehead atoms. The quantitative estimate of drug-likeness (QED) is 0.849. The molecule has 0 radical (unpaired) electrons. The number of halogens is 2. The maximum Gasteiger partial charge on any atom is 0.135 e. The largest absolute Gasteiger partial charge is 0.383 e. The third-order valence-electron chi connectivity index (χ3n) is 3.06. The fourth-order valence-electron chi connectivity index (χ4n) is 2.14. The summed E-state index contributed by atoms with van der Waals surface area (Å²) in [5.74, 6) is -0.130. The van der Waals surface area contributed by atoms with E-state index < -0.39 is 11.6 Å². The van der Waals surface area contributed by atoms with E-state index in [4.69, 9.17) is 5.73 Å². The van der Waals surface area contributed by atoms with Gasteiger partial charge >= 0.3 is 0 Å². The van der Waals surface area contributed by atoms with Gasteiger partial charge in [-0.2, -0.15) is 0 Å². The minimum atomic E-state index is -0.664. The number of aryl methyl sites for hydroxylation is 1. The zero-order valence-electron chi connectivity index (χ0n) is 11.4. The van der Waals surface area contributed by atoms with E-state index in [0.29, 0.717) is 18.1 Å². The van der Waals surface area contributed by atoms with Gasteiger partial charge < -0.3 is 10.3 Å². The Morgan fingerprint density at radius 2 is 2.15 bits per heavy atom. The van der Waals surface area contributed by atoms with Crippen LogP contribution in [0.4, 0.5) is 14.6 Å². The molecule has 2 rings (SSSR count). The SMILES string of the molecule is C=CCn1c(CCC)nc(-c2ccc(F)cc2F)c1N. The molecule has 0 aliphatic carbocycles. The summed E-state index contributed by atoms with van der Waals surface area (Å²) in [5, 5.41) is 0. The lowest BCUT2D eigenvalue weighted by atomic mass is 10.1. The molecule has 0 amide bonds. The Morgan fingerprint density at radius 1 is 1.40 bits per heavy atom. The minimum Gasteiger partial charge on any atom is -0.383 e. The Hall–Kier alpha value is -2.17. The normalized spacial score (nSPS) is 10.8. The summed E-state index contributed by atoms with van der Waals surface area (Å²) < 4.78 is 28.6. The first-order valence-corrected chi connectivity index (χ1v) is 6.49. The highest BCUT2D eigenvalue weighted by Gasteiger charge is 2.18. The van der Waals surface area contributed by atoms with Gasteiger partial charge in [0.15, 0.2) is 0 Å². The number of benzene rings is 1. The number of nitrogens with two attached hydrogens (primary N) is 1. The third-order valence-corrected chi connectivity index (χ3v) is 3.06. The van der Waals surface area contributed by atoms with Gasteiger partial charge in [0.2, 0.25) is 0 Å². The van der Waals surface area contributed by atoms with Gasteiger partial charge in [-0.1, -0.05) is 13.0 Å². The molecule has 0 unspecified atom stereocenters. The summed E-state index contributed by atoms with van der Waals surface area (Å²) >= 11 is 0. The summed E-state index contributed by atoms with van der Waals surface area (Å²) in [4.78, 5) is 4.41. The number of allylic oxidation sites excluding steroid dienone is 1. The van der Waals surface area contributed by atoms with E-state index in [1.165, 1.54) is 12.1 Å². The maximum atomic E-state index is 13.9. The molecule has 0 atom stereocenters. The van der Waals surface area contributed by atoms with E-state index in [0.717, 1.165) is 24.7 Å². The third kappa shape index (κ3) is 2.57. The van der Waals surface area contributed by atoms with Crippen LogP contribution in [0.2, 0.25) is 0 Å². The second-order valence-corrected chi connectivity index (χ2v) is 4.54. The molecule has 1 aromatic heterocycles. The van der Waals surface area contributed by atoms with Crippen LogP contribution in [-0.4, -0.2) is 9.55 Å². The molecule has 0 saturated carbocycles. The molecule has 5 heteroatoms. The Kier molecular flexibility index (Phi) is 4.17. The van der Waals surface area contributed by atoms with Crippen molar-refractivity contribution in [1.82, 2.24) is 9.55 Å². The van der Waals surface area contributed by atoms with Gasteiger partial charge in [-0.3, -0.25) is 0 Å². The van der Waals surface area contributed by atoms with E-state index in [9.17, 15) is 8.78 Å². The number of nitrogen functional groups attached to an aromatic ring is 1. The Balaban J connectivity index is 2.56. The molecular formula is C15H17F2N3. The van der Waals surface area contributed by atoms with Gasteiger partial charge in [-0.15, -0.1) is 6.58 Å². The molecule has 106 valence electrons. The summed E-state index contributed by atoms with van der Waals surface area (Å²) in [7, 11) is 0. The standard InChI is InChI=1S/C15H17F2N3/c1-3-5-13-19-14(15(18)20(13)8-4-2)11-7-6-10(16)9-12(11)17/h4,6-7,9H,2-3,5,8,18H2,1H3. The summed E-state index contributed by atoms with van der Waals surface area (Å²) in [6.45, 7) is 6.22. The van der Waals surface area contributed by atoms with Gasteiger partial charge in [0.25, 0.3) is 0 Å². The summed E-state index contributed by atoms with van der Waals surface area (Å²) in [6, 6.07) is 3.39. The van der Waals surface area contributed by atoms with Crippen LogP contribution in [0.3, 0.4) is 0 Å². The molecule has 0 aliphatic heterocycles. The van der Waals surface area contributed by atoms with E-state index in [2.05, 4.69) is 11.6 Å². The average molecular weight is 277 g/mol. The predicted octanol–water partition coefficient (Wildman–Crippen LogP) is 3.55. The van der Waals surface area contributed by atoms with Crippen LogP contribution in [0.15, 0.2) is 30.9 Å². The fourth-order valence-corrected chi connectivity index (χ4v) is 2.14. The molecule has 2 N–H and O–H groups in total. The zero-order valence-corrected chi connectivity index (χ0v) is 11.4. The average Bonchev–Trinajstić information content (AvgIpc) is 2.69. The van der Waals surface area contributed by atoms with E-state index in [-0.39, 0.29) is 5.56 Å². The molecular weight excluding hydrogens is 260 g/mol. The number of imidazole rings is 1. The Morgan fingerprint density at radius 3 is 2.75 bits per heavy atom. The Bertz CT molecular complexity index is 632. The number of hydrogen-bond acceptors (Lipinski definition) is 2. The first-order valence-electron chi connectivity index (χ1n) is 6.49. The van der Waals surface area contributed by atoms with Crippen LogP contribution in [0.25, 0.3) is 11.3 Å². The molecule has 1 aromatic carbocycles. The lowest BCUT2D eigenvalue weighted by Crippen LogP contribution is -2.05. The van der Waals surface area contributed by atoms with Crippen molar-refractivity contribution < 1.29 is 8.78 Å². The van der Waals surface area contributed by atoms with Crippen LogP contribution in [0.1, 0.15) is 19.2 Å². The lowest BCUT2D eigenvalue weighted by Gasteiger charge is -2.06. The van der Waals surface area contributed by atoms with Crippen LogP contribution >= 0.6 is 0 Å². The van der Waals surface area contributed by atoms with Crippen molar-refractivity contribution in [2.24, 2.45) is 0 Å². The van der Waals surface area contributed by atoms with Crippen molar-refractivity contribution in [3.8, 4) is 11.3 Å². The van der Waals surface area contributed by atoms with Crippen molar-refractivity contribution in [2.45, 2.75) is 26.3 Å². The highest BCUT2D eigenvalue weighted by Crippen LogP contribution is 2.29. The monoisotopic (exact) mass is 277 g/mol. The topological polar surface area (TPSA) is 43.8 Å².